The normalized spacial score (nSPS) is 20.9. The molecule has 1 saturated heterocycles. The first-order valence-corrected chi connectivity index (χ1v) is 10.6. The van der Waals surface area contributed by atoms with Crippen molar-refractivity contribution in [3.63, 3.8) is 0 Å². The van der Waals surface area contributed by atoms with Crippen molar-refractivity contribution >= 4 is 5.91 Å². The van der Waals surface area contributed by atoms with Crippen LogP contribution in [-0.4, -0.2) is 51.4 Å². The molecule has 0 aliphatic carbocycles. The minimum Gasteiger partial charge on any atom is -0.342 e. The van der Waals surface area contributed by atoms with Crippen LogP contribution in [0.1, 0.15) is 55.3 Å². The quantitative estimate of drug-likeness (QED) is 0.795. The van der Waals surface area contributed by atoms with E-state index in [2.05, 4.69) is 16.8 Å². The fraction of sp³-hybridized carbons (Fsp3) is 0.522. The third-order valence-electron chi connectivity index (χ3n) is 6.28. The number of fused-ring (bicyclic) bond motifs is 1. The summed E-state index contributed by atoms with van der Waals surface area (Å²) in [6.45, 7) is 7.25. The second kappa shape index (κ2) is 8.57. The molecule has 1 aromatic heterocycles. The molecule has 0 spiro atoms. The van der Waals surface area contributed by atoms with Crippen LogP contribution in [0.15, 0.2) is 30.5 Å². The van der Waals surface area contributed by atoms with Crippen molar-refractivity contribution in [1.82, 2.24) is 19.8 Å². The van der Waals surface area contributed by atoms with Gasteiger partial charge in [-0.3, -0.25) is 9.69 Å². The second-order valence-corrected chi connectivity index (χ2v) is 8.40. The van der Waals surface area contributed by atoms with Gasteiger partial charge in [-0.1, -0.05) is 12.1 Å². The van der Waals surface area contributed by atoms with E-state index in [1.807, 2.05) is 23.2 Å². The van der Waals surface area contributed by atoms with Crippen LogP contribution in [0.4, 0.5) is 4.39 Å². The molecule has 5 nitrogen and oxygen atoms in total. The SMILES string of the molecule is CC(=O)N1CCC[C@H](c2ncc3c(n2)CCN([C@H](C)Cc2ccc(F)cc2)C3)C1. The molecule has 0 radical (unpaired) electrons. The third-order valence-corrected chi connectivity index (χ3v) is 6.28. The monoisotopic (exact) mass is 396 g/mol. The molecule has 0 saturated carbocycles. The Morgan fingerprint density at radius 1 is 1.28 bits per heavy atom. The molecule has 1 aromatic carbocycles. The summed E-state index contributed by atoms with van der Waals surface area (Å²) in [5.41, 5.74) is 3.51. The lowest BCUT2D eigenvalue weighted by molar-refractivity contribution is -0.130. The highest BCUT2D eigenvalue weighted by Gasteiger charge is 2.27. The second-order valence-electron chi connectivity index (χ2n) is 8.40. The number of nitrogens with zero attached hydrogens (tertiary/aromatic N) is 4. The summed E-state index contributed by atoms with van der Waals surface area (Å²) in [5.74, 6) is 1.08. The largest absolute Gasteiger partial charge is 0.342 e. The van der Waals surface area contributed by atoms with Crippen LogP contribution in [0.2, 0.25) is 0 Å². The number of halogens is 1. The highest BCUT2D eigenvalue weighted by molar-refractivity contribution is 5.73. The molecule has 2 aliphatic rings. The zero-order valence-corrected chi connectivity index (χ0v) is 17.3. The summed E-state index contributed by atoms with van der Waals surface area (Å²) >= 11 is 0. The van der Waals surface area contributed by atoms with Crippen LogP contribution in [-0.2, 0) is 24.2 Å². The molecular formula is C23H29FN4O. The van der Waals surface area contributed by atoms with E-state index in [1.54, 1.807) is 6.92 Å². The molecule has 2 atom stereocenters. The number of piperidine rings is 1. The van der Waals surface area contributed by atoms with Gasteiger partial charge in [0.1, 0.15) is 11.6 Å². The van der Waals surface area contributed by atoms with Gasteiger partial charge < -0.3 is 4.90 Å². The van der Waals surface area contributed by atoms with Gasteiger partial charge in [0.2, 0.25) is 5.91 Å². The number of amides is 1. The minimum absolute atomic E-state index is 0.137. The van der Waals surface area contributed by atoms with E-state index in [0.29, 0.717) is 6.04 Å². The Balaban J connectivity index is 1.41. The number of likely N-dealkylation sites (tertiary alicyclic amines) is 1. The van der Waals surface area contributed by atoms with E-state index in [4.69, 9.17) is 4.98 Å². The molecule has 0 unspecified atom stereocenters. The van der Waals surface area contributed by atoms with Crippen molar-refractivity contribution in [2.24, 2.45) is 0 Å². The van der Waals surface area contributed by atoms with Crippen molar-refractivity contribution in [2.45, 2.75) is 58.0 Å². The summed E-state index contributed by atoms with van der Waals surface area (Å²) in [6.07, 6.45) is 5.86. The molecule has 29 heavy (non-hydrogen) atoms. The summed E-state index contributed by atoms with van der Waals surface area (Å²) in [6, 6.07) is 7.17. The Morgan fingerprint density at radius 3 is 2.83 bits per heavy atom. The number of hydrogen-bond donors (Lipinski definition) is 0. The van der Waals surface area contributed by atoms with Gasteiger partial charge >= 0.3 is 0 Å². The van der Waals surface area contributed by atoms with Gasteiger partial charge in [-0.25, -0.2) is 14.4 Å². The lowest BCUT2D eigenvalue weighted by atomic mass is 9.96. The van der Waals surface area contributed by atoms with Gasteiger partial charge in [0.25, 0.3) is 0 Å². The predicted molar refractivity (Wildman–Crippen MR) is 110 cm³/mol. The van der Waals surface area contributed by atoms with Crippen LogP contribution in [0.5, 0.6) is 0 Å². The molecule has 2 aromatic rings. The van der Waals surface area contributed by atoms with Crippen molar-refractivity contribution in [1.29, 1.82) is 0 Å². The lowest BCUT2D eigenvalue weighted by Crippen LogP contribution is -2.40. The fourth-order valence-electron chi connectivity index (χ4n) is 4.49. The smallest absolute Gasteiger partial charge is 0.219 e. The van der Waals surface area contributed by atoms with Crippen LogP contribution >= 0.6 is 0 Å². The van der Waals surface area contributed by atoms with E-state index in [0.717, 1.165) is 68.9 Å². The molecular weight excluding hydrogens is 367 g/mol. The Labute approximate surface area is 172 Å². The van der Waals surface area contributed by atoms with Crippen molar-refractivity contribution in [2.75, 3.05) is 19.6 Å². The average molecular weight is 397 g/mol. The number of aromatic nitrogens is 2. The first kappa shape index (κ1) is 20.0. The van der Waals surface area contributed by atoms with Gasteiger partial charge in [0.15, 0.2) is 0 Å². The first-order valence-electron chi connectivity index (χ1n) is 10.6. The zero-order chi connectivity index (χ0) is 20.4. The van der Waals surface area contributed by atoms with Crippen molar-refractivity contribution < 1.29 is 9.18 Å². The first-order chi connectivity index (χ1) is 14.0. The summed E-state index contributed by atoms with van der Waals surface area (Å²) in [4.78, 5) is 25.7. The molecule has 6 heteroatoms. The van der Waals surface area contributed by atoms with Gasteiger partial charge in [-0.15, -0.1) is 0 Å². The zero-order valence-electron chi connectivity index (χ0n) is 17.3. The number of carbonyl (C=O) groups is 1. The standard InChI is InChI=1S/C23H29FN4O/c1-16(12-18-5-7-21(24)8-6-18)27-11-9-22-20(15-27)13-25-23(26-22)19-4-3-10-28(14-19)17(2)29/h5-8,13,16,19H,3-4,9-12,14-15H2,1-2H3/t16-,19+/m1/s1. The van der Waals surface area contributed by atoms with E-state index < -0.39 is 0 Å². The predicted octanol–water partition coefficient (Wildman–Crippen LogP) is 3.33. The maximum atomic E-state index is 13.1. The van der Waals surface area contributed by atoms with Gasteiger partial charge in [-0.05, 0) is 43.9 Å². The Hall–Kier alpha value is -2.34. The van der Waals surface area contributed by atoms with Crippen molar-refractivity contribution in [3.05, 3.63) is 58.9 Å². The van der Waals surface area contributed by atoms with Gasteiger partial charge in [0.05, 0.1) is 0 Å². The molecule has 1 fully saturated rings. The van der Waals surface area contributed by atoms with Gasteiger partial charge in [-0.2, -0.15) is 0 Å². The highest BCUT2D eigenvalue weighted by Crippen LogP contribution is 2.27. The maximum absolute atomic E-state index is 13.1. The van der Waals surface area contributed by atoms with Gasteiger partial charge in [0, 0.05) is 68.9 Å². The van der Waals surface area contributed by atoms with Crippen LogP contribution in [0, 0.1) is 5.82 Å². The maximum Gasteiger partial charge on any atom is 0.219 e. The van der Waals surface area contributed by atoms with E-state index in [9.17, 15) is 9.18 Å². The summed E-state index contributed by atoms with van der Waals surface area (Å²) in [7, 11) is 0. The van der Waals surface area contributed by atoms with E-state index >= 15 is 0 Å². The van der Waals surface area contributed by atoms with E-state index in [-0.39, 0.29) is 17.6 Å². The lowest BCUT2D eigenvalue weighted by Gasteiger charge is -2.34. The van der Waals surface area contributed by atoms with Crippen molar-refractivity contribution in [3.8, 4) is 0 Å². The van der Waals surface area contributed by atoms with Crippen LogP contribution in [0.25, 0.3) is 0 Å². The fourth-order valence-corrected chi connectivity index (χ4v) is 4.49. The third kappa shape index (κ3) is 4.64. The molecule has 1 amide bonds. The number of carbonyl (C=O) groups excluding carboxylic acids is 1. The molecule has 154 valence electrons. The van der Waals surface area contributed by atoms with Crippen LogP contribution < -0.4 is 0 Å². The number of benzene rings is 1. The summed E-state index contributed by atoms with van der Waals surface area (Å²) < 4.78 is 13.1. The highest BCUT2D eigenvalue weighted by atomic mass is 19.1. The molecule has 2 aliphatic heterocycles. The number of hydrogen-bond acceptors (Lipinski definition) is 4. The number of rotatable bonds is 4. The summed E-state index contributed by atoms with van der Waals surface area (Å²) in [5, 5.41) is 0. The molecule has 0 bridgehead atoms. The topological polar surface area (TPSA) is 49.3 Å². The minimum atomic E-state index is -0.189. The molecule has 4 rings (SSSR count). The van der Waals surface area contributed by atoms with E-state index in [1.165, 1.54) is 17.7 Å². The Kier molecular flexibility index (Phi) is 5.90. The molecule has 3 heterocycles. The molecule has 0 N–H and O–H groups in total. The van der Waals surface area contributed by atoms with Crippen LogP contribution in [0.3, 0.4) is 0 Å². The Morgan fingerprint density at radius 2 is 2.07 bits per heavy atom. The average Bonchev–Trinajstić information content (AvgIpc) is 2.74. The Bertz CT molecular complexity index is 870.